The summed E-state index contributed by atoms with van der Waals surface area (Å²) in [5.41, 5.74) is 7.99. The van der Waals surface area contributed by atoms with Gasteiger partial charge in [0.1, 0.15) is 17.4 Å². The molecule has 2 aromatic rings. The van der Waals surface area contributed by atoms with Crippen LogP contribution in [0.1, 0.15) is 75.6 Å². The van der Waals surface area contributed by atoms with Crippen molar-refractivity contribution in [3.8, 4) is 5.75 Å². The number of methoxy groups -OCH3 is 1. The molecule has 0 saturated heterocycles. The second-order valence-corrected chi connectivity index (χ2v) is 12.5. The second-order valence-electron chi connectivity index (χ2n) is 12.5. The molecule has 4 rings (SSSR count). The molecule has 0 saturated carbocycles. The third-order valence-corrected chi connectivity index (χ3v) is 9.10. The number of nitrogens with two attached hydrogens (primary N) is 1. The van der Waals surface area contributed by atoms with E-state index in [-0.39, 0.29) is 36.9 Å². The fraction of sp³-hybridized carbons (Fsp3) is 0.500. The number of fused-ring (bicyclic) bond motifs is 1. The Morgan fingerprint density at radius 1 is 1.13 bits per heavy atom. The largest absolute Gasteiger partial charge is 0.497 e. The number of aliphatic hydroxyl groups excluding tert-OH is 1. The first-order valence-corrected chi connectivity index (χ1v) is 16.0. The number of carbonyl (C=O) groups excluding carboxylic acids is 2. The fourth-order valence-electron chi connectivity index (χ4n) is 7.15. The number of rotatable bonds is 14. The molecule has 4 atom stereocenters. The van der Waals surface area contributed by atoms with Crippen LogP contribution in [0.2, 0.25) is 0 Å². The van der Waals surface area contributed by atoms with Gasteiger partial charge in [0.2, 0.25) is 11.8 Å². The van der Waals surface area contributed by atoms with Gasteiger partial charge in [-0.25, -0.2) is 8.78 Å². The summed E-state index contributed by atoms with van der Waals surface area (Å²) in [7, 11) is 1.63. The molecule has 0 radical (unpaired) electrons. The Morgan fingerprint density at radius 3 is 2.44 bits per heavy atom. The van der Waals surface area contributed by atoms with Crippen LogP contribution < -0.4 is 15.8 Å². The van der Waals surface area contributed by atoms with Crippen molar-refractivity contribution in [2.75, 3.05) is 26.7 Å². The summed E-state index contributed by atoms with van der Waals surface area (Å²) in [5.74, 6) is -2.45. The molecule has 45 heavy (non-hydrogen) atoms. The van der Waals surface area contributed by atoms with Gasteiger partial charge < -0.3 is 25.8 Å². The van der Waals surface area contributed by atoms with Crippen LogP contribution in [-0.4, -0.2) is 54.7 Å². The quantitative estimate of drug-likeness (QED) is 0.256. The standard InChI is InChI=1S/C36H47F2N3O4/c1-5-12-41(13-6-2)35(44)36(20-23(3)14-26(21-36)34(39)43)31(17-24-15-27(37)18-28(38)16-24)33(42)22-40-32-9-7-8-25-10-11-29(45-4)19-30(25)32/h10-11,14-16,18-20,31-33,40,42H,5-9,12-13,17,21-22H2,1-4H3,(H2,39,43)/t31-,32?,33+,36?/m1/s1. The van der Waals surface area contributed by atoms with Crippen molar-refractivity contribution >= 4 is 11.8 Å². The Kier molecular flexibility index (Phi) is 11.6. The highest BCUT2D eigenvalue weighted by Crippen LogP contribution is 2.46. The second kappa shape index (κ2) is 15.1. The van der Waals surface area contributed by atoms with Crippen molar-refractivity contribution in [2.45, 2.75) is 77.9 Å². The van der Waals surface area contributed by atoms with E-state index >= 15 is 0 Å². The summed E-state index contributed by atoms with van der Waals surface area (Å²) in [6.07, 6.45) is 6.56. The van der Waals surface area contributed by atoms with Crippen molar-refractivity contribution in [3.63, 3.8) is 0 Å². The van der Waals surface area contributed by atoms with Crippen molar-refractivity contribution in [3.05, 3.63) is 88.0 Å². The Morgan fingerprint density at radius 2 is 1.82 bits per heavy atom. The molecule has 2 aliphatic rings. The maximum atomic E-state index is 14.7. The van der Waals surface area contributed by atoms with Gasteiger partial charge in [-0.2, -0.15) is 0 Å². The number of primary amides is 1. The monoisotopic (exact) mass is 623 g/mol. The van der Waals surface area contributed by atoms with E-state index in [0.29, 0.717) is 24.2 Å². The summed E-state index contributed by atoms with van der Waals surface area (Å²) in [6, 6.07) is 9.24. The lowest BCUT2D eigenvalue weighted by atomic mass is 9.63. The first-order valence-electron chi connectivity index (χ1n) is 16.0. The predicted octanol–water partition coefficient (Wildman–Crippen LogP) is 5.56. The number of ether oxygens (including phenoxy) is 1. The molecule has 0 spiro atoms. The smallest absolute Gasteiger partial charge is 0.244 e. The number of nitrogens with zero attached hydrogens (tertiary/aromatic N) is 1. The number of aliphatic hydroxyl groups is 1. The molecular formula is C36H47F2N3O4. The zero-order valence-corrected chi connectivity index (χ0v) is 26.9. The minimum absolute atomic E-state index is 0.000253. The summed E-state index contributed by atoms with van der Waals surface area (Å²) in [6.45, 7) is 6.87. The molecule has 244 valence electrons. The zero-order chi connectivity index (χ0) is 32.7. The number of hydrogen-bond donors (Lipinski definition) is 3. The zero-order valence-electron chi connectivity index (χ0n) is 26.9. The van der Waals surface area contributed by atoms with Crippen LogP contribution in [0.5, 0.6) is 5.75 Å². The van der Waals surface area contributed by atoms with Crippen molar-refractivity contribution in [2.24, 2.45) is 17.1 Å². The van der Waals surface area contributed by atoms with E-state index in [1.54, 1.807) is 25.0 Å². The van der Waals surface area contributed by atoms with Crippen LogP contribution in [0, 0.1) is 23.0 Å². The number of nitrogens with one attached hydrogen (secondary N) is 1. The molecule has 2 aromatic carbocycles. The fourth-order valence-corrected chi connectivity index (χ4v) is 7.15. The molecule has 2 amide bonds. The van der Waals surface area contributed by atoms with E-state index in [4.69, 9.17) is 10.5 Å². The van der Waals surface area contributed by atoms with Crippen LogP contribution >= 0.6 is 0 Å². The van der Waals surface area contributed by atoms with Gasteiger partial charge in [-0.1, -0.05) is 37.6 Å². The van der Waals surface area contributed by atoms with Gasteiger partial charge in [0, 0.05) is 43.2 Å². The first kappa shape index (κ1) is 34.3. The molecule has 0 aromatic heterocycles. The summed E-state index contributed by atoms with van der Waals surface area (Å²) in [5, 5.41) is 15.6. The molecule has 2 unspecified atom stereocenters. The Labute approximate surface area is 265 Å². The Bertz CT molecular complexity index is 1420. The van der Waals surface area contributed by atoms with E-state index < -0.39 is 35.0 Å². The van der Waals surface area contributed by atoms with Gasteiger partial charge >= 0.3 is 0 Å². The van der Waals surface area contributed by atoms with Crippen LogP contribution in [0.15, 0.2) is 59.7 Å². The predicted molar refractivity (Wildman–Crippen MR) is 171 cm³/mol. The minimum atomic E-state index is -1.38. The number of allylic oxidation sites excluding steroid dienone is 2. The maximum absolute atomic E-state index is 14.7. The molecule has 4 N–H and O–H groups in total. The number of halogens is 2. The molecular weight excluding hydrogens is 576 g/mol. The van der Waals surface area contributed by atoms with Gasteiger partial charge in [-0.05, 0) is 92.8 Å². The number of hydrogen-bond acceptors (Lipinski definition) is 5. The third kappa shape index (κ3) is 8.00. The molecule has 0 heterocycles. The lowest BCUT2D eigenvalue weighted by molar-refractivity contribution is -0.145. The van der Waals surface area contributed by atoms with Crippen LogP contribution in [-0.2, 0) is 22.4 Å². The Hall–Kier alpha value is -3.56. The van der Waals surface area contributed by atoms with Crippen molar-refractivity contribution in [1.29, 1.82) is 0 Å². The number of aryl methyl sites for hydroxylation is 1. The SMILES string of the molecule is CCCN(CCC)C(=O)C1([C@H](Cc2cc(F)cc(F)c2)[C@@H](O)CNC2CCCc3ccc(OC)cc32)C=C(C)C=C(C(N)=O)C1. The average Bonchev–Trinajstić information content (AvgIpc) is 3.00. The molecule has 9 heteroatoms. The highest BCUT2D eigenvalue weighted by molar-refractivity contribution is 5.96. The van der Waals surface area contributed by atoms with Crippen molar-refractivity contribution < 1.29 is 28.2 Å². The van der Waals surface area contributed by atoms with E-state index in [1.165, 1.54) is 17.7 Å². The normalized spacial score (nSPS) is 20.8. The van der Waals surface area contributed by atoms with Gasteiger partial charge in [0.15, 0.2) is 0 Å². The maximum Gasteiger partial charge on any atom is 0.244 e. The molecule has 2 aliphatic carbocycles. The van der Waals surface area contributed by atoms with E-state index in [0.717, 1.165) is 49.5 Å². The Balaban J connectivity index is 1.78. The molecule has 0 bridgehead atoms. The van der Waals surface area contributed by atoms with Gasteiger partial charge in [0.05, 0.1) is 18.6 Å². The van der Waals surface area contributed by atoms with Gasteiger partial charge in [-0.15, -0.1) is 0 Å². The average molecular weight is 624 g/mol. The van der Waals surface area contributed by atoms with Gasteiger partial charge in [0.25, 0.3) is 0 Å². The lowest BCUT2D eigenvalue weighted by Crippen LogP contribution is -2.54. The minimum Gasteiger partial charge on any atom is -0.497 e. The van der Waals surface area contributed by atoms with Gasteiger partial charge in [-0.3, -0.25) is 9.59 Å². The highest BCUT2D eigenvalue weighted by Gasteiger charge is 2.50. The summed E-state index contributed by atoms with van der Waals surface area (Å²) >= 11 is 0. The number of carbonyl (C=O) groups is 2. The van der Waals surface area contributed by atoms with Crippen LogP contribution in [0.25, 0.3) is 0 Å². The molecule has 0 aliphatic heterocycles. The third-order valence-electron chi connectivity index (χ3n) is 9.10. The number of benzene rings is 2. The van der Waals surface area contributed by atoms with Crippen molar-refractivity contribution in [1.82, 2.24) is 10.2 Å². The topological polar surface area (TPSA) is 105 Å². The van der Waals surface area contributed by atoms with Crippen LogP contribution in [0.4, 0.5) is 8.78 Å². The summed E-state index contributed by atoms with van der Waals surface area (Å²) in [4.78, 5) is 29.1. The first-order chi connectivity index (χ1) is 21.5. The highest BCUT2D eigenvalue weighted by atomic mass is 19.1. The van der Waals surface area contributed by atoms with E-state index in [2.05, 4.69) is 11.4 Å². The van der Waals surface area contributed by atoms with E-state index in [9.17, 15) is 23.5 Å². The van der Waals surface area contributed by atoms with E-state index in [1.807, 2.05) is 32.1 Å². The summed E-state index contributed by atoms with van der Waals surface area (Å²) < 4.78 is 34.4. The van der Waals surface area contributed by atoms with Crippen LogP contribution in [0.3, 0.4) is 0 Å². The molecule has 0 fully saturated rings. The number of amides is 2. The lowest BCUT2D eigenvalue weighted by Gasteiger charge is -2.45. The molecule has 7 nitrogen and oxygen atoms in total.